The second-order valence-electron chi connectivity index (χ2n) is 5.55. The summed E-state index contributed by atoms with van der Waals surface area (Å²) < 4.78 is 0. The van der Waals surface area contributed by atoms with Crippen LogP contribution in [0.2, 0.25) is 0 Å². The number of carbonyl (C=O) groups is 1. The maximum Gasteiger partial charge on any atom is 0.251 e. The van der Waals surface area contributed by atoms with E-state index in [-0.39, 0.29) is 5.91 Å². The molecule has 0 aliphatic carbocycles. The van der Waals surface area contributed by atoms with E-state index in [4.69, 9.17) is 0 Å². The fourth-order valence-electron chi connectivity index (χ4n) is 2.49. The van der Waals surface area contributed by atoms with E-state index in [1.807, 2.05) is 42.5 Å². The summed E-state index contributed by atoms with van der Waals surface area (Å²) in [5.74, 6) is 0.988. The first-order chi connectivity index (χ1) is 12.3. The molecule has 0 unspecified atom stereocenters. The zero-order valence-corrected chi connectivity index (χ0v) is 15.5. The number of hydrogen-bond acceptors (Lipinski definition) is 4. The molecule has 1 aromatic carbocycles. The van der Waals surface area contributed by atoms with Gasteiger partial charge in [-0.05, 0) is 47.4 Å². The lowest BCUT2D eigenvalue weighted by Gasteiger charge is -2.09. The number of aromatic nitrogens is 1. The quantitative estimate of drug-likeness (QED) is 0.465. The first kappa shape index (κ1) is 17.7. The minimum Gasteiger partial charge on any atom is -0.352 e. The van der Waals surface area contributed by atoms with Crippen LogP contribution in [0, 0.1) is 0 Å². The molecule has 0 aliphatic rings. The smallest absolute Gasteiger partial charge is 0.251 e. The predicted molar refractivity (Wildman–Crippen MR) is 105 cm³/mol. The van der Waals surface area contributed by atoms with Crippen LogP contribution < -0.4 is 5.32 Å². The molecule has 0 fully saturated rings. The molecule has 2 aromatic heterocycles. The summed E-state index contributed by atoms with van der Waals surface area (Å²) in [6, 6.07) is 16.0. The minimum atomic E-state index is 0.0149. The Kier molecular flexibility index (Phi) is 6.65. The molecule has 0 aliphatic heterocycles. The van der Waals surface area contributed by atoms with Crippen molar-refractivity contribution in [3.8, 4) is 0 Å². The largest absolute Gasteiger partial charge is 0.352 e. The molecule has 2 heterocycles. The fraction of sp³-hybridized carbons (Fsp3) is 0.200. The fourth-order valence-corrected chi connectivity index (χ4v) is 4.06. The van der Waals surface area contributed by atoms with Gasteiger partial charge in [-0.2, -0.15) is 0 Å². The van der Waals surface area contributed by atoms with Gasteiger partial charge in [0, 0.05) is 40.7 Å². The van der Waals surface area contributed by atoms with Crippen molar-refractivity contribution in [1.29, 1.82) is 0 Å². The van der Waals surface area contributed by atoms with E-state index in [1.165, 1.54) is 9.77 Å². The summed E-state index contributed by atoms with van der Waals surface area (Å²) in [6.07, 6.45) is 5.34. The van der Waals surface area contributed by atoms with Crippen molar-refractivity contribution in [2.75, 3.05) is 12.3 Å². The van der Waals surface area contributed by atoms with Gasteiger partial charge in [0.05, 0.1) is 0 Å². The summed E-state index contributed by atoms with van der Waals surface area (Å²) in [5.41, 5.74) is 1.85. The van der Waals surface area contributed by atoms with Crippen molar-refractivity contribution in [3.63, 3.8) is 0 Å². The number of hydrogen-bond donors (Lipinski definition) is 1. The molecule has 0 saturated heterocycles. The Morgan fingerprint density at radius 3 is 2.72 bits per heavy atom. The summed E-state index contributed by atoms with van der Waals surface area (Å²) in [7, 11) is 0. The second kappa shape index (κ2) is 9.39. The maximum atomic E-state index is 12.5. The summed E-state index contributed by atoms with van der Waals surface area (Å²) >= 11 is 3.51. The number of benzene rings is 1. The number of amides is 1. The van der Waals surface area contributed by atoms with E-state index in [2.05, 4.69) is 21.7 Å². The van der Waals surface area contributed by atoms with Gasteiger partial charge in [0.1, 0.15) is 0 Å². The van der Waals surface area contributed by atoms with Crippen molar-refractivity contribution in [2.45, 2.75) is 17.7 Å². The highest BCUT2D eigenvalue weighted by molar-refractivity contribution is 7.99. The Morgan fingerprint density at radius 1 is 1.08 bits per heavy atom. The third-order valence-corrected chi connectivity index (χ3v) is 5.71. The topological polar surface area (TPSA) is 42.0 Å². The molecule has 0 bridgehead atoms. The van der Waals surface area contributed by atoms with Gasteiger partial charge in [-0.25, -0.2) is 0 Å². The summed E-state index contributed by atoms with van der Waals surface area (Å²) in [6.45, 7) is 0.685. The monoisotopic (exact) mass is 368 g/mol. The van der Waals surface area contributed by atoms with Crippen molar-refractivity contribution in [2.24, 2.45) is 0 Å². The molecule has 0 spiro atoms. The lowest BCUT2D eigenvalue weighted by atomic mass is 10.0. The first-order valence-electron chi connectivity index (χ1n) is 8.24. The molecule has 128 valence electrons. The number of nitrogens with one attached hydrogen (secondary N) is 1. The van der Waals surface area contributed by atoms with Crippen molar-refractivity contribution in [1.82, 2.24) is 10.3 Å². The van der Waals surface area contributed by atoms with Gasteiger partial charge in [0.15, 0.2) is 0 Å². The lowest BCUT2D eigenvalue weighted by molar-refractivity contribution is 0.0953. The van der Waals surface area contributed by atoms with E-state index < -0.39 is 0 Å². The highest BCUT2D eigenvalue weighted by atomic mass is 32.2. The standard InChI is InChI=1S/C20H20N2OS2/c23-20(22-10-4-14-24-17-8-11-21-12-9-17)19-7-2-1-5-16(19)15-18-6-3-13-25-18/h1-3,5-9,11-13H,4,10,14-15H2,(H,22,23). The Morgan fingerprint density at radius 2 is 1.92 bits per heavy atom. The normalized spacial score (nSPS) is 10.6. The zero-order valence-electron chi connectivity index (χ0n) is 13.9. The summed E-state index contributed by atoms with van der Waals surface area (Å²) in [4.78, 5) is 19.0. The SMILES string of the molecule is O=C(NCCCSc1ccncc1)c1ccccc1Cc1cccs1. The molecule has 3 nitrogen and oxygen atoms in total. The Hall–Kier alpha value is -2.11. The third kappa shape index (κ3) is 5.44. The average molecular weight is 369 g/mol. The molecule has 0 saturated carbocycles. The van der Waals surface area contributed by atoms with Crippen LogP contribution in [-0.2, 0) is 6.42 Å². The van der Waals surface area contributed by atoms with Gasteiger partial charge in [0.2, 0.25) is 0 Å². The number of thioether (sulfide) groups is 1. The van der Waals surface area contributed by atoms with E-state index in [9.17, 15) is 4.79 Å². The number of thiophene rings is 1. The third-order valence-electron chi connectivity index (χ3n) is 3.73. The molecule has 1 amide bonds. The van der Waals surface area contributed by atoms with Gasteiger partial charge in [-0.15, -0.1) is 23.1 Å². The summed E-state index contributed by atoms with van der Waals surface area (Å²) in [5, 5.41) is 5.11. The van der Waals surface area contributed by atoms with Crippen LogP contribution in [-0.4, -0.2) is 23.2 Å². The van der Waals surface area contributed by atoms with Crippen LogP contribution in [0.3, 0.4) is 0 Å². The highest BCUT2D eigenvalue weighted by Gasteiger charge is 2.11. The number of rotatable bonds is 8. The van der Waals surface area contributed by atoms with Gasteiger partial charge >= 0.3 is 0 Å². The number of nitrogens with zero attached hydrogens (tertiary/aromatic N) is 1. The maximum absolute atomic E-state index is 12.5. The molecule has 3 rings (SSSR count). The lowest BCUT2D eigenvalue weighted by Crippen LogP contribution is -2.25. The molecular weight excluding hydrogens is 348 g/mol. The highest BCUT2D eigenvalue weighted by Crippen LogP contribution is 2.19. The minimum absolute atomic E-state index is 0.0149. The van der Waals surface area contributed by atoms with Crippen LogP contribution in [0.15, 0.2) is 71.2 Å². The molecule has 3 aromatic rings. The van der Waals surface area contributed by atoms with Crippen LogP contribution in [0.5, 0.6) is 0 Å². The van der Waals surface area contributed by atoms with Crippen LogP contribution in [0.25, 0.3) is 0 Å². The molecule has 5 heteroatoms. The Bertz CT molecular complexity index is 788. The molecular formula is C20H20N2OS2. The van der Waals surface area contributed by atoms with Gasteiger partial charge in [0.25, 0.3) is 5.91 Å². The van der Waals surface area contributed by atoms with Gasteiger partial charge < -0.3 is 5.32 Å². The molecule has 0 radical (unpaired) electrons. The van der Waals surface area contributed by atoms with E-state index >= 15 is 0 Å². The van der Waals surface area contributed by atoms with E-state index in [0.29, 0.717) is 6.54 Å². The number of pyridine rings is 1. The predicted octanol–water partition coefficient (Wildman–Crippen LogP) is 4.65. The van der Waals surface area contributed by atoms with Crippen molar-refractivity contribution >= 4 is 29.0 Å². The Balaban J connectivity index is 1.48. The number of carbonyl (C=O) groups excluding carboxylic acids is 1. The van der Waals surface area contributed by atoms with Gasteiger partial charge in [-0.3, -0.25) is 9.78 Å². The van der Waals surface area contributed by atoms with Crippen molar-refractivity contribution < 1.29 is 4.79 Å². The van der Waals surface area contributed by atoms with Crippen molar-refractivity contribution in [3.05, 3.63) is 82.3 Å². The van der Waals surface area contributed by atoms with E-state index in [0.717, 1.165) is 29.7 Å². The van der Waals surface area contributed by atoms with Crippen LogP contribution in [0.4, 0.5) is 0 Å². The Labute approximate surface area is 156 Å². The van der Waals surface area contributed by atoms with E-state index in [1.54, 1.807) is 35.5 Å². The average Bonchev–Trinajstić information content (AvgIpc) is 3.16. The first-order valence-corrected chi connectivity index (χ1v) is 10.1. The zero-order chi connectivity index (χ0) is 17.3. The van der Waals surface area contributed by atoms with Crippen LogP contribution in [0.1, 0.15) is 27.2 Å². The molecule has 0 atom stereocenters. The molecule has 1 N–H and O–H groups in total. The molecule has 25 heavy (non-hydrogen) atoms. The van der Waals surface area contributed by atoms with Gasteiger partial charge in [-0.1, -0.05) is 24.3 Å². The second-order valence-corrected chi connectivity index (χ2v) is 7.75. The van der Waals surface area contributed by atoms with Crippen LogP contribution >= 0.6 is 23.1 Å².